The number of carbonyl (C=O) groups is 2. The van der Waals surface area contributed by atoms with E-state index in [1.807, 2.05) is 66.7 Å². The fourth-order valence-electron chi connectivity index (χ4n) is 14.1. The fourth-order valence-corrected chi connectivity index (χ4v) is 14.1. The number of fused-ring (bicyclic) bond motifs is 1. The van der Waals surface area contributed by atoms with E-state index in [2.05, 4.69) is 71.0 Å². The number of hydrogen-bond acceptors (Lipinski definition) is 5. The van der Waals surface area contributed by atoms with Crippen LogP contribution in [0.15, 0.2) is 109 Å². The monoisotopic (exact) mass is 795 g/mol. The molecule has 2 N–H and O–H groups in total. The molecule has 2 spiro atoms. The van der Waals surface area contributed by atoms with Crippen LogP contribution in [0.1, 0.15) is 115 Å². The van der Waals surface area contributed by atoms with Crippen LogP contribution in [-0.4, -0.2) is 51.3 Å². The lowest BCUT2D eigenvalue weighted by molar-refractivity contribution is -0.175. The molecule has 4 saturated carbocycles. The predicted octanol–water partition coefficient (Wildman–Crippen LogP) is 11.2. The number of amides is 1. The van der Waals surface area contributed by atoms with Crippen molar-refractivity contribution in [1.82, 2.24) is 4.90 Å². The normalized spacial score (nSPS) is 38.2. The van der Waals surface area contributed by atoms with Gasteiger partial charge in [0.25, 0.3) is 0 Å². The Balaban J connectivity index is 1.11. The fraction of sp³-hybridized carbons (Fsp3) is 0.547. The summed E-state index contributed by atoms with van der Waals surface area (Å²) in [5.74, 6) is 1.41. The smallest absolute Gasteiger partial charge is 0.410 e. The van der Waals surface area contributed by atoms with Crippen LogP contribution in [0.3, 0.4) is 0 Å². The maximum atomic E-state index is 15.6. The Kier molecular flexibility index (Phi) is 10.2. The summed E-state index contributed by atoms with van der Waals surface area (Å²) in [6.45, 7) is 11.9. The minimum Gasteiger partial charge on any atom is -0.446 e. The van der Waals surface area contributed by atoms with Crippen LogP contribution in [0.2, 0.25) is 0 Å². The summed E-state index contributed by atoms with van der Waals surface area (Å²) in [6.07, 6.45) is 14.4. The van der Waals surface area contributed by atoms with E-state index in [9.17, 15) is 15.0 Å². The molecule has 1 amide bonds. The second-order valence-electron chi connectivity index (χ2n) is 20.6. The number of aliphatic hydroxyl groups excluding tert-OH is 1. The number of hydrogen-bond donors (Lipinski definition) is 2. The van der Waals surface area contributed by atoms with Crippen LogP contribution >= 0.6 is 0 Å². The molecule has 0 heterocycles. The molecule has 0 radical (unpaired) electrons. The van der Waals surface area contributed by atoms with Crippen molar-refractivity contribution in [2.45, 2.75) is 123 Å². The van der Waals surface area contributed by atoms with E-state index in [0.29, 0.717) is 42.7 Å². The highest BCUT2D eigenvalue weighted by atomic mass is 16.6. The first-order chi connectivity index (χ1) is 28.2. The molecule has 2 bridgehead atoms. The van der Waals surface area contributed by atoms with Gasteiger partial charge in [0, 0.05) is 33.9 Å². The van der Waals surface area contributed by atoms with Gasteiger partial charge < -0.3 is 19.8 Å². The Labute approximate surface area is 352 Å². The molecule has 7 aliphatic carbocycles. The first-order valence-electron chi connectivity index (χ1n) is 22.8. The Morgan fingerprint density at radius 3 is 2.22 bits per heavy atom. The molecule has 1 unspecified atom stereocenters. The van der Waals surface area contributed by atoms with Crippen LogP contribution in [0, 0.1) is 51.2 Å². The quantitative estimate of drug-likeness (QED) is 0.166. The third kappa shape index (κ3) is 6.32. The van der Waals surface area contributed by atoms with Gasteiger partial charge in [0.1, 0.15) is 6.10 Å². The van der Waals surface area contributed by atoms with Gasteiger partial charge in [0.05, 0.1) is 18.2 Å². The highest BCUT2D eigenvalue weighted by Gasteiger charge is 2.74. The maximum Gasteiger partial charge on any atom is 0.410 e. The van der Waals surface area contributed by atoms with Gasteiger partial charge >= 0.3 is 6.09 Å². The van der Waals surface area contributed by atoms with Crippen molar-refractivity contribution in [1.29, 1.82) is 0 Å². The minimum absolute atomic E-state index is 0.0322. The van der Waals surface area contributed by atoms with Crippen LogP contribution in [0.4, 0.5) is 4.79 Å². The predicted molar refractivity (Wildman–Crippen MR) is 233 cm³/mol. The van der Waals surface area contributed by atoms with Crippen molar-refractivity contribution in [3.63, 3.8) is 0 Å². The molecule has 0 saturated heterocycles. The lowest BCUT2D eigenvalue weighted by Crippen LogP contribution is -2.67. The van der Waals surface area contributed by atoms with Crippen molar-refractivity contribution in [2.24, 2.45) is 51.2 Å². The van der Waals surface area contributed by atoms with E-state index < -0.39 is 27.9 Å². The third-order valence-corrected chi connectivity index (χ3v) is 17.4. The molecule has 3 aromatic rings. The lowest BCUT2D eigenvalue weighted by Gasteiger charge is -2.71. The van der Waals surface area contributed by atoms with Crippen molar-refractivity contribution in [3.05, 3.63) is 120 Å². The number of nitrogens with zero attached hydrogens (tertiary/aromatic N) is 1. The van der Waals surface area contributed by atoms with E-state index in [-0.39, 0.29) is 41.8 Å². The maximum absolute atomic E-state index is 15.6. The van der Waals surface area contributed by atoms with Crippen LogP contribution < -0.4 is 0 Å². The summed E-state index contributed by atoms with van der Waals surface area (Å²) in [5, 5.41) is 24.6. The highest BCUT2D eigenvalue weighted by molar-refractivity contribution is 6.14. The number of rotatable bonds is 9. The summed E-state index contributed by atoms with van der Waals surface area (Å²) in [6, 6.07) is 28.3. The Hall–Kier alpha value is -4.00. The van der Waals surface area contributed by atoms with Crippen LogP contribution in [0.5, 0.6) is 0 Å². The molecule has 7 aliphatic rings. The van der Waals surface area contributed by atoms with E-state index in [1.54, 1.807) is 4.90 Å². The Morgan fingerprint density at radius 2 is 1.47 bits per heavy atom. The van der Waals surface area contributed by atoms with Gasteiger partial charge in [0.2, 0.25) is 0 Å². The van der Waals surface area contributed by atoms with Crippen LogP contribution in [0.25, 0.3) is 11.1 Å². The van der Waals surface area contributed by atoms with Gasteiger partial charge in [-0.3, -0.25) is 4.79 Å². The Bertz CT molecular complexity index is 2130. The molecule has 6 heteroatoms. The van der Waals surface area contributed by atoms with Gasteiger partial charge in [-0.05, 0) is 109 Å². The minimum atomic E-state index is -1.21. The SMILES string of the molecule is CC(C)[C@H]1CC[C@H](C)C[C@@H]1OC(=O)N(Cc1ccccc1)C[C@]1(O)CC[C@H]2[C@]34C=C[C@@]5(C=C3C(=O)c3ccccc3-c3ccccc3)CC(O)CC[C@]5(C)[C@H]4CC[C@@]21C. The zero-order valence-corrected chi connectivity index (χ0v) is 35.9. The molecule has 0 aromatic heterocycles. The first kappa shape index (κ1) is 40.4. The van der Waals surface area contributed by atoms with Crippen molar-refractivity contribution in [2.75, 3.05) is 6.54 Å². The number of ether oxygens (including phenoxy) is 1. The third-order valence-electron chi connectivity index (χ3n) is 17.4. The lowest BCUT2D eigenvalue weighted by atomic mass is 9.32. The molecule has 0 aliphatic heterocycles. The first-order valence-corrected chi connectivity index (χ1v) is 22.8. The van der Waals surface area contributed by atoms with E-state index >= 15 is 4.79 Å². The van der Waals surface area contributed by atoms with E-state index in [1.165, 1.54) is 0 Å². The number of aliphatic hydroxyl groups is 2. The van der Waals surface area contributed by atoms with Crippen molar-refractivity contribution < 1.29 is 24.5 Å². The molecule has 6 nitrogen and oxygen atoms in total. The number of benzene rings is 3. The van der Waals surface area contributed by atoms with Crippen molar-refractivity contribution >= 4 is 11.9 Å². The van der Waals surface area contributed by atoms with Gasteiger partial charge in [-0.25, -0.2) is 4.79 Å². The second kappa shape index (κ2) is 14.9. The number of allylic oxidation sites excluding steroid dienone is 4. The summed E-state index contributed by atoms with van der Waals surface area (Å²) in [7, 11) is 0. The average molecular weight is 796 g/mol. The average Bonchev–Trinajstić information content (AvgIpc) is 3.50. The number of Topliss-reactive ketones (excluding diaryl/α,β-unsaturated/α-hetero) is 1. The van der Waals surface area contributed by atoms with Gasteiger partial charge in [-0.15, -0.1) is 0 Å². The molecular weight excluding hydrogens is 731 g/mol. The van der Waals surface area contributed by atoms with E-state index in [0.717, 1.165) is 73.6 Å². The molecular formula is C53H65NO5. The topological polar surface area (TPSA) is 87.1 Å². The van der Waals surface area contributed by atoms with Gasteiger partial charge in [-0.1, -0.05) is 144 Å². The van der Waals surface area contributed by atoms with E-state index in [4.69, 9.17) is 4.74 Å². The molecule has 312 valence electrons. The van der Waals surface area contributed by atoms with Crippen LogP contribution in [-0.2, 0) is 11.3 Å². The standard InChI is InChI=1S/C53H65NO5/c1-35(2)40-21-20-36(3)30-44(40)59-48(57)54(33-37-14-8-6-9-15-37)34-52(58)27-24-46-50(52,5)26-23-45-49(4)25-22-39(55)31-51(49)28-29-53(45,46)43(32-51)47(56)42-19-13-12-18-41(42)38-16-10-7-11-17-38/h6-19,28-29,32,35-36,39-40,44-46,55,58H,20-27,30-31,33-34H2,1-5H3/t36-,39?,40+,44-,45+,46+,49+,50-,51-,52+,53+/m0/s1. The largest absolute Gasteiger partial charge is 0.446 e. The highest BCUT2D eigenvalue weighted by Crippen LogP contribution is 2.78. The summed E-state index contributed by atoms with van der Waals surface area (Å²) >= 11 is 0. The summed E-state index contributed by atoms with van der Waals surface area (Å²) in [4.78, 5) is 32.0. The molecule has 10 rings (SSSR count). The molecule has 3 aromatic carbocycles. The zero-order chi connectivity index (χ0) is 41.4. The van der Waals surface area contributed by atoms with Gasteiger partial charge in [-0.2, -0.15) is 0 Å². The summed E-state index contributed by atoms with van der Waals surface area (Å²) in [5.41, 5.74) is 1.50. The summed E-state index contributed by atoms with van der Waals surface area (Å²) < 4.78 is 6.54. The molecule has 4 fully saturated rings. The Morgan fingerprint density at radius 1 is 0.814 bits per heavy atom. The second-order valence-corrected chi connectivity index (χ2v) is 20.6. The number of carbonyl (C=O) groups excluding carboxylic acids is 2. The van der Waals surface area contributed by atoms with Gasteiger partial charge in [0.15, 0.2) is 5.78 Å². The molecule has 11 atom stereocenters. The zero-order valence-electron chi connectivity index (χ0n) is 35.9. The molecule has 59 heavy (non-hydrogen) atoms. The van der Waals surface area contributed by atoms with Crippen molar-refractivity contribution in [3.8, 4) is 11.1 Å². The number of ketones is 1.